The topological polar surface area (TPSA) is 42.4 Å². The zero-order chi connectivity index (χ0) is 12.3. The van der Waals surface area contributed by atoms with E-state index in [9.17, 15) is 4.79 Å². The van der Waals surface area contributed by atoms with E-state index in [2.05, 4.69) is 16.8 Å². The molecule has 0 spiro atoms. The van der Waals surface area contributed by atoms with Crippen molar-refractivity contribution >= 4 is 22.4 Å². The van der Waals surface area contributed by atoms with Crippen molar-refractivity contribution in [2.24, 2.45) is 0 Å². The highest BCUT2D eigenvalue weighted by molar-refractivity contribution is 7.13. The molecule has 17 heavy (non-hydrogen) atoms. The van der Waals surface area contributed by atoms with E-state index < -0.39 is 0 Å². The lowest BCUT2D eigenvalue weighted by molar-refractivity contribution is 0.0520. The second kappa shape index (κ2) is 5.49. The van der Waals surface area contributed by atoms with E-state index in [0.717, 1.165) is 18.1 Å². The van der Waals surface area contributed by atoms with Crippen LogP contribution in [-0.4, -0.2) is 30.1 Å². The normalized spacial score (nSPS) is 19.6. The van der Waals surface area contributed by atoms with Gasteiger partial charge in [-0.25, -0.2) is 9.78 Å². The van der Waals surface area contributed by atoms with Gasteiger partial charge in [-0.1, -0.05) is 6.92 Å². The van der Waals surface area contributed by atoms with Gasteiger partial charge in [0.05, 0.1) is 6.61 Å². The van der Waals surface area contributed by atoms with E-state index in [4.69, 9.17) is 4.74 Å². The SMILES string of the molecule is CCOC(=O)c1csc(N2CCCC2CC)n1. The molecule has 0 saturated carbocycles. The van der Waals surface area contributed by atoms with Crippen LogP contribution in [0.3, 0.4) is 0 Å². The Morgan fingerprint density at radius 3 is 3.18 bits per heavy atom. The first-order chi connectivity index (χ1) is 8.26. The molecule has 1 aliphatic rings. The van der Waals surface area contributed by atoms with Gasteiger partial charge in [0.2, 0.25) is 0 Å². The van der Waals surface area contributed by atoms with Gasteiger partial charge in [0.1, 0.15) is 0 Å². The molecule has 1 aromatic heterocycles. The van der Waals surface area contributed by atoms with E-state index in [1.165, 1.54) is 24.2 Å². The minimum atomic E-state index is -0.317. The molecule has 94 valence electrons. The Hall–Kier alpha value is -1.10. The molecule has 5 heteroatoms. The minimum Gasteiger partial charge on any atom is -0.461 e. The summed E-state index contributed by atoms with van der Waals surface area (Å²) in [4.78, 5) is 18.2. The summed E-state index contributed by atoms with van der Waals surface area (Å²) in [7, 11) is 0. The van der Waals surface area contributed by atoms with Gasteiger partial charge in [-0.15, -0.1) is 11.3 Å². The van der Waals surface area contributed by atoms with Crippen LogP contribution in [0.2, 0.25) is 0 Å². The highest BCUT2D eigenvalue weighted by Gasteiger charge is 2.26. The average Bonchev–Trinajstić information content (AvgIpc) is 2.97. The van der Waals surface area contributed by atoms with E-state index in [-0.39, 0.29) is 5.97 Å². The number of ether oxygens (including phenoxy) is 1. The standard InChI is InChI=1S/C12H18N2O2S/c1-3-9-6-5-7-14(9)12-13-10(8-17-12)11(15)16-4-2/h8-9H,3-7H2,1-2H3. The summed E-state index contributed by atoms with van der Waals surface area (Å²) in [6, 6.07) is 0.580. The maximum atomic E-state index is 11.5. The van der Waals surface area contributed by atoms with Crippen LogP contribution in [0.5, 0.6) is 0 Å². The third-order valence-electron chi connectivity index (χ3n) is 3.07. The van der Waals surface area contributed by atoms with E-state index >= 15 is 0 Å². The largest absolute Gasteiger partial charge is 0.461 e. The second-order valence-corrected chi connectivity index (χ2v) is 4.97. The number of hydrogen-bond acceptors (Lipinski definition) is 5. The lowest BCUT2D eigenvalue weighted by Crippen LogP contribution is -2.28. The molecule has 0 aromatic carbocycles. The summed E-state index contributed by atoms with van der Waals surface area (Å²) in [6.07, 6.45) is 3.58. The number of hydrogen-bond donors (Lipinski definition) is 0. The van der Waals surface area contributed by atoms with E-state index in [1.807, 2.05) is 0 Å². The van der Waals surface area contributed by atoms with Crippen molar-refractivity contribution in [1.82, 2.24) is 4.98 Å². The first-order valence-electron chi connectivity index (χ1n) is 6.15. The molecule has 0 bridgehead atoms. The van der Waals surface area contributed by atoms with Gasteiger partial charge in [0, 0.05) is 18.0 Å². The van der Waals surface area contributed by atoms with Crippen LogP contribution in [0.1, 0.15) is 43.6 Å². The maximum absolute atomic E-state index is 11.5. The van der Waals surface area contributed by atoms with Crippen LogP contribution < -0.4 is 4.90 Å². The van der Waals surface area contributed by atoms with Gasteiger partial charge in [-0.05, 0) is 26.2 Å². The van der Waals surface area contributed by atoms with Crippen molar-refractivity contribution in [3.05, 3.63) is 11.1 Å². The smallest absolute Gasteiger partial charge is 0.357 e. The van der Waals surface area contributed by atoms with Crippen LogP contribution in [0.15, 0.2) is 5.38 Å². The quantitative estimate of drug-likeness (QED) is 0.775. The minimum absolute atomic E-state index is 0.317. The number of anilines is 1. The monoisotopic (exact) mass is 254 g/mol. The average molecular weight is 254 g/mol. The Labute approximate surface area is 106 Å². The van der Waals surface area contributed by atoms with Crippen LogP contribution in [-0.2, 0) is 4.74 Å². The fourth-order valence-corrected chi connectivity index (χ4v) is 3.10. The summed E-state index contributed by atoms with van der Waals surface area (Å²) in [5.41, 5.74) is 0.439. The van der Waals surface area contributed by atoms with Crippen molar-refractivity contribution in [3.63, 3.8) is 0 Å². The highest BCUT2D eigenvalue weighted by atomic mass is 32.1. The lowest BCUT2D eigenvalue weighted by atomic mass is 10.2. The number of carbonyl (C=O) groups is 1. The van der Waals surface area contributed by atoms with Crippen molar-refractivity contribution < 1.29 is 9.53 Å². The molecule has 1 aromatic rings. The Kier molecular flexibility index (Phi) is 3.99. The molecular formula is C12H18N2O2S. The first-order valence-corrected chi connectivity index (χ1v) is 7.03. The van der Waals surface area contributed by atoms with Gasteiger partial charge >= 0.3 is 5.97 Å². The number of carbonyl (C=O) groups excluding carboxylic acids is 1. The van der Waals surface area contributed by atoms with Crippen molar-refractivity contribution in [2.45, 2.75) is 39.2 Å². The molecule has 0 N–H and O–H groups in total. The molecule has 1 unspecified atom stereocenters. The number of thiazole rings is 1. The Balaban J connectivity index is 2.09. The Morgan fingerprint density at radius 1 is 1.65 bits per heavy atom. The molecular weight excluding hydrogens is 236 g/mol. The molecule has 1 fully saturated rings. The lowest BCUT2D eigenvalue weighted by Gasteiger charge is -2.22. The summed E-state index contributed by atoms with van der Waals surface area (Å²) in [6.45, 7) is 5.45. The molecule has 0 amide bonds. The summed E-state index contributed by atoms with van der Waals surface area (Å²) in [5, 5.41) is 2.75. The van der Waals surface area contributed by atoms with Crippen molar-refractivity contribution in [3.8, 4) is 0 Å². The number of rotatable bonds is 4. The summed E-state index contributed by atoms with van der Waals surface area (Å²) >= 11 is 1.53. The predicted molar refractivity (Wildman–Crippen MR) is 68.7 cm³/mol. The van der Waals surface area contributed by atoms with Gasteiger partial charge in [-0.3, -0.25) is 0 Å². The van der Waals surface area contributed by atoms with Gasteiger partial charge in [0.25, 0.3) is 0 Å². The number of nitrogens with zero attached hydrogens (tertiary/aromatic N) is 2. The molecule has 1 atom stereocenters. The first kappa shape index (κ1) is 12.4. The molecule has 1 aliphatic heterocycles. The third kappa shape index (κ3) is 2.60. The van der Waals surface area contributed by atoms with Gasteiger partial charge in [-0.2, -0.15) is 0 Å². The summed E-state index contributed by atoms with van der Waals surface area (Å²) in [5.74, 6) is -0.317. The molecule has 2 heterocycles. The Bertz CT molecular complexity index is 392. The van der Waals surface area contributed by atoms with E-state index in [0.29, 0.717) is 18.3 Å². The van der Waals surface area contributed by atoms with Crippen LogP contribution in [0.25, 0.3) is 0 Å². The van der Waals surface area contributed by atoms with Crippen molar-refractivity contribution in [2.75, 3.05) is 18.1 Å². The van der Waals surface area contributed by atoms with Crippen LogP contribution >= 0.6 is 11.3 Å². The molecule has 0 aliphatic carbocycles. The maximum Gasteiger partial charge on any atom is 0.357 e. The fraction of sp³-hybridized carbons (Fsp3) is 0.667. The number of esters is 1. The third-order valence-corrected chi connectivity index (χ3v) is 3.95. The zero-order valence-electron chi connectivity index (χ0n) is 10.3. The van der Waals surface area contributed by atoms with Crippen molar-refractivity contribution in [1.29, 1.82) is 0 Å². The molecule has 1 saturated heterocycles. The Morgan fingerprint density at radius 2 is 2.47 bits per heavy atom. The second-order valence-electron chi connectivity index (χ2n) is 4.13. The number of aromatic nitrogens is 1. The molecule has 4 nitrogen and oxygen atoms in total. The predicted octanol–water partition coefficient (Wildman–Crippen LogP) is 2.70. The highest BCUT2D eigenvalue weighted by Crippen LogP contribution is 2.29. The molecule has 0 radical (unpaired) electrons. The fourth-order valence-electron chi connectivity index (χ4n) is 2.21. The van der Waals surface area contributed by atoms with Gasteiger partial charge in [0.15, 0.2) is 10.8 Å². The van der Waals surface area contributed by atoms with Crippen LogP contribution in [0, 0.1) is 0 Å². The zero-order valence-corrected chi connectivity index (χ0v) is 11.1. The summed E-state index contributed by atoms with van der Waals surface area (Å²) < 4.78 is 4.94. The van der Waals surface area contributed by atoms with Gasteiger partial charge < -0.3 is 9.64 Å². The molecule has 2 rings (SSSR count). The van der Waals surface area contributed by atoms with Crippen LogP contribution in [0.4, 0.5) is 5.13 Å². The van der Waals surface area contributed by atoms with E-state index in [1.54, 1.807) is 12.3 Å².